The van der Waals surface area contributed by atoms with Crippen molar-refractivity contribution in [2.75, 3.05) is 45.0 Å². The van der Waals surface area contributed by atoms with Crippen LogP contribution < -0.4 is 35.2 Å². The summed E-state index contributed by atoms with van der Waals surface area (Å²) in [6.45, 7) is 4.08. The van der Waals surface area contributed by atoms with E-state index in [-0.39, 0.29) is 48.0 Å². The van der Waals surface area contributed by atoms with E-state index in [0.717, 1.165) is 0 Å². The number of nitrogens with two attached hydrogens (primary N) is 1. The molecule has 0 aromatic carbocycles. The quantitative estimate of drug-likeness (QED) is 0.148. The second kappa shape index (κ2) is 24.9. The summed E-state index contributed by atoms with van der Waals surface area (Å²) in [5.41, 5.74) is 4.82. The van der Waals surface area contributed by atoms with Crippen molar-refractivity contribution < 1.29 is 54.7 Å². The molecule has 0 saturated heterocycles. The van der Waals surface area contributed by atoms with Gasteiger partial charge in [-0.2, -0.15) is 0 Å². The molecule has 0 aliphatic rings. The van der Waals surface area contributed by atoms with Gasteiger partial charge in [0.05, 0.1) is 26.6 Å². The second-order valence-electron chi connectivity index (χ2n) is 6.34. The molecule has 43 heavy (non-hydrogen) atoms. The van der Waals surface area contributed by atoms with Crippen molar-refractivity contribution in [3.05, 3.63) is 54.6 Å². The molecule has 232 valence electrons. The molecule has 0 saturated carbocycles. The van der Waals surface area contributed by atoms with Crippen LogP contribution in [0.4, 0.5) is 11.6 Å². The summed E-state index contributed by atoms with van der Waals surface area (Å²) in [6.07, 6.45) is 3.71. The van der Waals surface area contributed by atoms with Crippen molar-refractivity contribution in [1.29, 1.82) is 0 Å². The minimum Gasteiger partial charge on any atom is -0.870 e. The van der Waals surface area contributed by atoms with Gasteiger partial charge in [-0.05, 0) is 68.7 Å². The normalized spacial score (nSPS) is 8.88. The molecule has 3 aromatic rings. The standard InChI is InChI=1S/C8H10BrN3O2.C7H6BrClN2O2.C6H6BrN3O2.CH5N.Li.H2O/c1-3-14-8(13)6-5(9)7(10-2)12-4-11-6;1-2-13-7(12)5-4(8)6(9)11-3-10-5;1-8-5-3(7)4(6(11)12)9-2-10-5;1-2;;/h4H,3H2,1-2H3,(H,10,11,12);3H,2H2,1H3;2H,1H3,(H,11,12)(H,8,9,10);2H2,1H3;;1H2/q;;;;+1;. The minimum absolute atomic E-state index is 0. The maximum Gasteiger partial charge on any atom is 1.00 e. The summed E-state index contributed by atoms with van der Waals surface area (Å²) in [6, 6.07) is 0. The van der Waals surface area contributed by atoms with Gasteiger partial charge in [0.15, 0.2) is 17.1 Å². The van der Waals surface area contributed by atoms with Crippen molar-refractivity contribution in [3.63, 3.8) is 0 Å². The summed E-state index contributed by atoms with van der Waals surface area (Å²) in [7, 11) is 4.86. The first kappa shape index (κ1) is 44.9. The van der Waals surface area contributed by atoms with Crippen LogP contribution in [0.2, 0.25) is 5.15 Å². The van der Waals surface area contributed by atoms with Crippen molar-refractivity contribution in [1.82, 2.24) is 29.9 Å². The van der Waals surface area contributed by atoms with E-state index in [1.807, 2.05) is 0 Å². The molecular formula is C22H29Br3ClLiN9O7+. The third-order valence-corrected chi connectivity index (χ3v) is 6.71. The summed E-state index contributed by atoms with van der Waals surface area (Å²) in [4.78, 5) is 55.7. The van der Waals surface area contributed by atoms with Crippen LogP contribution in [0, 0.1) is 0 Å². The van der Waals surface area contributed by atoms with Crippen LogP contribution in [0.25, 0.3) is 0 Å². The first-order chi connectivity index (χ1) is 19.5. The summed E-state index contributed by atoms with van der Waals surface area (Å²) in [5, 5.41) is 14.4. The third-order valence-electron chi connectivity index (χ3n) is 3.94. The van der Waals surface area contributed by atoms with E-state index in [1.54, 1.807) is 27.9 Å². The Labute approximate surface area is 291 Å². The Morgan fingerprint density at radius 3 is 1.51 bits per heavy atom. The van der Waals surface area contributed by atoms with Gasteiger partial charge in [-0.25, -0.2) is 44.3 Å². The zero-order valence-electron chi connectivity index (χ0n) is 24.9. The number of carboxylic acid groups (broad SMARTS) is 1. The van der Waals surface area contributed by atoms with Gasteiger partial charge in [0.1, 0.15) is 35.8 Å². The Morgan fingerprint density at radius 2 is 1.14 bits per heavy atom. The maximum atomic E-state index is 11.4. The van der Waals surface area contributed by atoms with Crippen molar-refractivity contribution in [3.8, 4) is 0 Å². The number of halogens is 4. The van der Waals surface area contributed by atoms with Crippen LogP contribution in [0.1, 0.15) is 46.7 Å². The predicted octanol–water partition coefficient (Wildman–Crippen LogP) is 1.02. The zero-order chi connectivity index (χ0) is 31.5. The van der Waals surface area contributed by atoms with Gasteiger partial charge in [-0.3, -0.25) is 0 Å². The number of carbonyl (C=O) groups is 3. The molecule has 0 amide bonds. The van der Waals surface area contributed by atoms with Crippen LogP contribution in [-0.2, 0) is 9.47 Å². The average molecular weight is 814 g/mol. The molecule has 16 nitrogen and oxygen atoms in total. The van der Waals surface area contributed by atoms with Crippen molar-refractivity contribution >= 4 is 88.9 Å². The SMILES string of the molecule is CCOC(=O)c1ncnc(Cl)c1Br.CCOC(=O)c1ncnc(NC)c1Br.CN.CNc1ncnc(C(=O)O)c1Br.[H+].[Li+].[OH-]. The average Bonchev–Trinajstić information content (AvgIpc) is 2.96. The molecule has 3 rings (SSSR count). The van der Waals surface area contributed by atoms with Crippen molar-refractivity contribution in [2.45, 2.75) is 13.8 Å². The fourth-order valence-corrected chi connectivity index (χ4v) is 3.91. The van der Waals surface area contributed by atoms with E-state index in [9.17, 15) is 14.4 Å². The number of nitrogens with zero attached hydrogens (tertiary/aromatic N) is 6. The second-order valence-corrected chi connectivity index (χ2v) is 9.08. The topological polar surface area (TPSA) is 247 Å². The van der Waals surface area contributed by atoms with Crippen LogP contribution in [-0.4, -0.2) is 92.8 Å². The molecular weight excluding hydrogens is 784 g/mol. The number of esters is 2. The van der Waals surface area contributed by atoms with Crippen LogP contribution >= 0.6 is 59.4 Å². The number of carbonyl (C=O) groups excluding carboxylic acids is 2. The molecule has 3 heterocycles. The van der Waals surface area contributed by atoms with Gasteiger partial charge < -0.3 is 36.4 Å². The predicted molar refractivity (Wildman–Crippen MR) is 165 cm³/mol. The van der Waals surface area contributed by atoms with E-state index >= 15 is 0 Å². The Balaban J connectivity index is -0.000000257. The fraction of sp³-hybridized carbons (Fsp3) is 0.318. The molecule has 0 spiro atoms. The Kier molecular flexibility index (Phi) is 26.0. The molecule has 0 atom stereocenters. The molecule has 6 N–H and O–H groups in total. The number of rotatable bonds is 7. The smallest absolute Gasteiger partial charge is 0.870 e. The number of hydrogen-bond donors (Lipinski definition) is 4. The third kappa shape index (κ3) is 14.7. The summed E-state index contributed by atoms with van der Waals surface area (Å²) >= 11 is 15.0. The monoisotopic (exact) mass is 810 g/mol. The van der Waals surface area contributed by atoms with Gasteiger partial charge in [0.25, 0.3) is 0 Å². The molecule has 0 bridgehead atoms. The molecule has 0 radical (unpaired) electrons. The number of ether oxygens (including phenoxy) is 2. The molecule has 0 unspecified atom stereocenters. The number of aromatic carboxylic acids is 1. The Morgan fingerprint density at radius 1 is 0.791 bits per heavy atom. The number of anilines is 2. The van der Waals surface area contributed by atoms with Gasteiger partial charge in [-0.15, -0.1) is 0 Å². The number of nitrogens with one attached hydrogen (secondary N) is 2. The largest absolute Gasteiger partial charge is 1.00 e. The van der Waals surface area contributed by atoms with Crippen molar-refractivity contribution in [2.24, 2.45) is 5.73 Å². The molecule has 3 aromatic heterocycles. The van der Waals surface area contributed by atoms with Crippen LogP contribution in [0.5, 0.6) is 0 Å². The summed E-state index contributed by atoms with van der Waals surface area (Å²) in [5.74, 6) is -1.04. The van der Waals surface area contributed by atoms with Gasteiger partial charge >= 0.3 is 38.2 Å². The van der Waals surface area contributed by atoms with E-state index in [4.69, 9.17) is 26.2 Å². The van der Waals surface area contributed by atoms with E-state index in [0.29, 0.717) is 38.3 Å². The molecule has 0 fully saturated rings. The number of aromatic nitrogens is 6. The van der Waals surface area contributed by atoms with E-state index < -0.39 is 17.9 Å². The first-order valence-corrected chi connectivity index (χ1v) is 14.0. The van der Waals surface area contributed by atoms with E-state index in [1.165, 1.54) is 26.0 Å². The fourth-order valence-electron chi connectivity index (χ4n) is 2.27. The maximum absolute atomic E-state index is 11.4. The molecule has 0 aliphatic carbocycles. The van der Waals surface area contributed by atoms with Gasteiger partial charge in [0.2, 0.25) is 0 Å². The van der Waals surface area contributed by atoms with Crippen LogP contribution in [0.3, 0.4) is 0 Å². The van der Waals surface area contributed by atoms with Gasteiger partial charge in [-0.1, -0.05) is 11.6 Å². The Bertz CT molecular complexity index is 1320. The molecule has 0 aliphatic heterocycles. The Hall–Kier alpha value is -2.50. The van der Waals surface area contributed by atoms with Crippen LogP contribution in [0.15, 0.2) is 32.4 Å². The molecule has 21 heteroatoms. The zero-order valence-corrected chi connectivity index (χ0v) is 29.4. The minimum atomic E-state index is -1.08. The van der Waals surface area contributed by atoms with Gasteiger partial charge in [0, 0.05) is 14.1 Å². The number of carboxylic acids is 1. The number of hydrogen-bond acceptors (Lipinski definition) is 15. The summed E-state index contributed by atoms with van der Waals surface area (Å²) < 4.78 is 10.8. The first-order valence-electron chi connectivity index (χ1n) is 11.2. The van der Waals surface area contributed by atoms with E-state index in [2.05, 4.69) is 94.1 Å².